The molecule has 0 spiro atoms. The Morgan fingerprint density at radius 2 is 1.83 bits per heavy atom. The maximum Gasteiger partial charge on any atom is 0.266 e. The van der Waals surface area contributed by atoms with Crippen molar-refractivity contribution in [2.75, 3.05) is 0 Å². The minimum Gasteiger partial charge on any atom is -0.226 e. The molecule has 0 amide bonds. The summed E-state index contributed by atoms with van der Waals surface area (Å²) in [6.07, 6.45) is -2.14. The summed E-state index contributed by atoms with van der Waals surface area (Å²) in [6.45, 7) is 0. The van der Waals surface area contributed by atoms with Gasteiger partial charge >= 0.3 is 0 Å². The van der Waals surface area contributed by atoms with Gasteiger partial charge in [-0.05, 0) is 0 Å². The van der Waals surface area contributed by atoms with Gasteiger partial charge in [-0.15, -0.1) is 0 Å². The van der Waals surface area contributed by atoms with Crippen LogP contribution in [0.2, 0.25) is 10.0 Å². The summed E-state index contributed by atoms with van der Waals surface area (Å²) >= 11 is 10.5. The molecule has 1 aromatic rings. The van der Waals surface area contributed by atoms with Gasteiger partial charge < -0.3 is 0 Å². The van der Waals surface area contributed by atoms with Gasteiger partial charge in [0.05, 0.1) is 10.6 Å². The van der Waals surface area contributed by atoms with E-state index < -0.39 is 28.0 Å². The Morgan fingerprint density at radius 3 is 2.33 bits per heavy atom. The third-order valence-corrected chi connectivity index (χ3v) is 2.03. The van der Waals surface area contributed by atoms with Crippen molar-refractivity contribution in [3.8, 4) is 0 Å². The van der Waals surface area contributed by atoms with Crippen LogP contribution in [0.1, 0.15) is 12.0 Å². The average molecular weight is 216 g/mol. The first kappa shape index (κ1) is 9.61. The highest BCUT2D eigenvalue weighted by atomic mass is 35.5. The molecule has 1 rings (SSSR count). The average Bonchev–Trinajstić information content (AvgIpc) is 2.00. The van der Waals surface area contributed by atoms with Crippen LogP contribution in [0.3, 0.4) is 0 Å². The van der Waals surface area contributed by atoms with E-state index in [2.05, 4.69) is 4.98 Å². The molecule has 0 saturated heterocycles. The smallest absolute Gasteiger partial charge is 0.226 e. The zero-order valence-corrected chi connectivity index (χ0v) is 7.00. The van der Waals surface area contributed by atoms with Crippen molar-refractivity contribution in [3.63, 3.8) is 0 Å². The molecule has 1 nitrogen and oxygen atoms in total. The molecule has 0 bridgehead atoms. The Bertz CT molecular complexity index is 303. The molecule has 0 aromatic carbocycles. The van der Waals surface area contributed by atoms with Crippen LogP contribution in [0.15, 0.2) is 6.20 Å². The van der Waals surface area contributed by atoms with E-state index in [4.69, 9.17) is 23.2 Å². The fraction of sp³-hybridized carbons (Fsp3) is 0.167. The Balaban J connectivity index is 3.27. The summed E-state index contributed by atoms with van der Waals surface area (Å²) in [5, 5.41) is -1.06. The molecule has 12 heavy (non-hydrogen) atoms. The minimum absolute atomic E-state index is 0.487. The molecule has 0 saturated carbocycles. The maximum atomic E-state index is 12.5. The second-order valence-electron chi connectivity index (χ2n) is 1.93. The van der Waals surface area contributed by atoms with E-state index in [1.165, 1.54) is 0 Å². The van der Waals surface area contributed by atoms with Crippen molar-refractivity contribution in [2.24, 2.45) is 0 Å². The highest BCUT2D eigenvalue weighted by Crippen LogP contribution is 2.32. The first-order valence-electron chi connectivity index (χ1n) is 2.81. The van der Waals surface area contributed by atoms with Gasteiger partial charge in [-0.25, -0.2) is 13.8 Å². The maximum absolute atomic E-state index is 12.5. The molecule has 0 fully saturated rings. The predicted molar refractivity (Wildman–Crippen MR) is 39.2 cm³/mol. The van der Waals surface area contributed by atoms with Crippen LogP contribution in [0.25, 0.3) is 0 Å². The largest absolute Gasteiger partial charge is 0.266 e. The van der Waals surface area contributed by atoms with Gasteiger partial charge in [-0.3, -0.25) is 0 Å². The number of alkyl halides is 2. The molecule has 6 heteroatoms. The lowest BCUT2D eigenvalue weighted by Gasteiger charge is -2.03. The summed E-state index contributed by atoms with van der Waals surface area (Å²) in [6, 6.07) is 0. The second-order valence-corrected chi connectivity index (χ2v) is 2.69. The van der Waals surface area contributed by atoms with Crippen molar-refractivity contribution in [1.82, 2.24) is 4.98 Å². The molecule has 0 unspecified atom stereocenters. The predicted octanol–water partition coefficient (Wildman–Crippen LogP) is 3.47. The van der Waals surface area contributed by atoms with Gasteiger partial charge in [0, 0.05) is 6.20 Å². The lowest BCUT2D eigenvalue weighted by Crippen LogP contribution is -1.92. The Kier molecular flexibility index (Phi) is 2.80. The van der Waals surface area contributed by atoms with Gasteiger partial charge in [0.15, 0.2) is 0 Å². The number of hydrogen-bond donors (Lipinski definition) is 0. The van der Waals surface area contributed by atoms with E-state index in [9.17, 15) is 13.2 Å². The molecular formula is C6H2Cl2F3N. The summed E-state index contributed by atoms with van der Waals surface area (Å²) < 4.78 is 36.5. The van der Waals surface area contributed by atoms with Crippen LogP contribution in [0, 0.1) is 5.95 Å². The van der Waals surface area contributed by atoms with Crippen LogP contribution in [-0.4, -0.2) is 4.98 Å². The number of rotatable bonds is 1. The molecule has 0 atom stereocenters. The van der Waals surface area contributed by atoms with Gasteiger partial charge in [0.25, 0.3) is 6.43 Å². The van der Waals surface area contributed by atoms with E-state index in [0.717, 1.165) is 0 Å². The normalized spacial score (nSPS) is 10.8. The summed E-state index contributed by atoms with van der Waals surface area (Å²) in [7, 11) is 0. The summed E-state index contributed by atoms with van der Waals surface area (Å²) in [5.74, 6) is -1.05. The SMILES string of the molecule is Fc1ncc(C(F)F)c(Cl)c1Cl. The molecule has 0 N–H and O–H groups in total. The number of aromatic nitrogens is 1. The second kappa shape index (κ2) is 3.49. The van der Waals surface area contributed by atoms with Crippen LogP contribution >= 0.6 is 23.2 Å². The lowest BCUT2D eigenvalue weighted by atomic mass is 10.3. The zero-order chi connectivity index (χ0) is 9.30. The quantitative estimate of drug-likeness (QED) is 0.655. The molecule has 1 aromatic heterocycles. The van der Waals surface area contributed by atoms with E-state index in [-0.39, 0.29) is 0 Å². The number of hydrogen-bond acceptors (Lipinski definition) is 1. The van der Waals surface area contributed by atoms with Gasteiger partial charge in [-0.2, -0.15) is 4.39 Å². The van der Waals surface area contributed by atoms with E-state index in [1.54, 1.807) is 0 Å². The highest BCUT2D eigenvalue weighted by molar-refractivity contribution is 6.42. The van der Waals surface area contributed by atoms with Crippen molar-refractivity contribution >= 4 is 23.2 Å². The Hall–Kier alpha value is -0.480. The van der Waals surface area contributed by atoms with Gasteiger partial charge in [-0.1, -0.05) is 23.2 Å². The molecule has 0 radical (unpaired) electrons. The number of nitrogens with zero attached hydrogens (tertiary/aromatic N) is 1. The van der Waals surface area contributed by atoms with Crippen molar-refractivity contribution in [2.45, 2.75) is 6.43 Å². The third kappa shape index (κ3) is 1.64. The molecule has 0 aliphatic heterocycles. The fourth-order valence-electron chi connectivity index (χ4n) is 0.609. The fourth-order valence-corrected chi connectivity index (χ4v) is 0.976. The Morgan fingerprint density at radius 1 is 1.25 bits per heavy atom. The highest BCUT2D eigenvalue weighted by Gasteiger charge is 2.17. The molecular weight excluding hydrogens is 214 g/mol. The summed E-state index contributed by atoms with van der Waals surface area (Å²) in [4.78, 5) is 3.00. The minimum atomic E-state index is -2.80. The first-order valence-corrected chi connectivity index (χ1v) is 3.57. The zero-order valence-electron chi connectivity index (χ0n) is 5.49. The summed E-state index contributed by atoms with van der Waals surface area (Å²) in [5.41, 5.74) is -0.567. The number of halogens is 5. The van der Waals surface area contributed by atoms with Crippen molar-refractivity contribution < 1.29 is 13.2 Å². The van der Waals surface area contributed by atoms with Crippen LogP contribution in [0.5, 0.6) is 0 Å². The molecule has 0 aliphatic carbocycles. The Labute approximate surface area is 76.1 Å². The monoisotopic (exact) mass is 215 g/mol. The van der Waals surface area contributed by atoms with Gasteiger partial charge in [0.1, 0.15) is 5.02 Å². The van der Waals surface area contributed by atoms with Crippen LogP contribution in [0.4, 0.5) is 13.2 Å². The standard InChI is InChI=1S/C6H2Cl2F3N/c7-3-2(5(9)10)1-12-6(11)4(3)8/h1,5H. The van der Waals surface area contributed by atoms with E-state index >= 15 is 0 Å². The molecule has 0 aliphatic rings. The first-order chi connectivity index (χ1) is 5.54. The van der Waals surface area contributed by atoms with Crippen LogP contribution in [-0.2, 0) is 0 Å². The van der Waals surface area contributed by atoms with Crippen LogP contribution < -0.4 is 0 Å². The molecule has 1 heterocycles. The lowest BCUT2D eigenvalue weighted by molar-refractivity contribution is 0.151. The third-order valence-electron chi connectivity index (χ3n) is 1.18. The topological polar surface area (TPSA) is 12.9 Å². The van der Waals surface area contributed by atoms with Crippen molar-refractivity contribution in [3.05, 3.63) is 27.8 Å². The van der Waals surface area contributed by atoms with Crippen molar-refractivity contribution in [1.29, 1.82) is 0 Å². The molecule has 66 valence electrons. The van der Waals surface area contributed by atoms with E-state index in [0.29, 0.717) is 6.20 Å². The number of pyridine rings is 1. The van der Waals surface area contributed by atoms with Gasteiger partial charge in [0.2, 0.25) is 5.95 Å². The van der Waals surface area contributed by atoms with E-state index in [1.807, 2.05) is 0 Å².